The van der Waals surface area contributed by atoms with Crippen LogP contribution in [0.2, 0.25) is 0 Å². The van der Waals surface area contributed by atoms with Crippen molar-refractivity contribution in [2.75, 3.05) is 19.1 Å². The molecule has 0 saturated carbocycles. The highest BCUT2D eigenvalue weighted by Gasteiger charge is 2.26. The molecular weight excluding hydrogens is 394 g/mol. The van der Waals surface area contributed by atoms with Gasteiger partial charge < -0.3 is 14.2 Å². The van der Waals surface area contributed by atoms with Crippen LogP contribution in [0.3, 0.4) is 0 Å². The molecule has 0 bridgehead atoms. The molecule has 154 valence electrons. The molecule has 1 amide bonds. The lowest BCUT2D eigenvalue weighted by molar-refractivity contribution is -0.385. The number of rotatable bonds is 9. The van der Waals surface area contributed by atoms with Gasteiger partial charge in [-0.2, -0.15) is 4.98 Å². The van der Waals surface area contributed by atoms with Crippen LogP contribution in [-0.4, -0.2) is 34.5 Å². The van der Waals surface area contributed by atoms with Crippen LogP contribution in [-0.2, 0) is 4.79 Å². The van der Waals surface area contributed by atoms with Crippen molar-refractivity contribution >= 4 is 17.4 Å². The van der Waals surface area contributed by atoms with Gasteiger partial charge in [0, 0.05) is 0 Å². The highest BCUT2D eigenvalue weighted by atomic mass is 16.6. The third kappa shape index (κ3) is 5.10. The van der Waals surface area contributed by atoms with Crippen molar-refractivity contribution < 1.29 is 23.9 Å². The number of hydrogen-bond donors (Lipinski definition) is 2. The first kappa shape index (κ1) is 20.3. The molecule has 0 radical (unpaired) electrons. The summed E-state index contributed by atoms with van der Waals surface area (Å²) in [6.45, 7) is -0.305. The van der Waals surface area contributed by atoms with Gasteiger partial charge in [0.2, 0.25) is 5.82 Å². The van der Waals surface area contributed by atoms with Gasteiger partial charge in [-0.05, 0) is 24.3 Å². The minimum atomic E-state index is -0.723. The van der Waals surface area contributed by atoms with Crippen molar-refractivity contribution in [1.82, 2.24) is 15.4 Å². The summed E-state index contributed by atoms with van der Waals surface area (Å²) in [5, 5.41) is 11.6. The molecule has 2 N–H and O–H groups in total. The minimum Gasteiger partial charge on any atom is -0.493 e. The number of ether oxygens (including phenoxy) is 3. The smallest absolute Gasteiger partial charge is 0.374 e. The zero-order chi connectivity index (χ0) is 21.3. The number of carbonyl (C=O) groups excluding carboxylic acids is 1. The molecule has 0 aliphatic heterocycles. The predicted molar refractivity (Wildman–Crippen MR) is 105 cm³/mol. The molecule has 11 heteroatoms. The van der Waals surface area contributed by atoms with Crippen LogP contribution in [0.4, 0.5) is 11.5 Å². The minimum absolute atomic E-state index is 0.230. The molecular formula is C19H17N5O6. The Labute approximate surface area is 170 Å². The molecule has 0 spiro atoms. The van der Waals surface area contributed by atoms with Crippen LogP contribution in [0.5, 0.6) is 23.1 Å². The number of nitro groups is 1. The van der Waals surface area contributed by atoms with Crippen molar-refractivity contribution in [3.8, 4) is 23.1 Å². The van der Waals surface area contributed by atoms with Crippen LogP contribution in [0.1, 0.15) is 0 Å². The number of hydrazine groups is 1. The van der Waals surface area contributed by atoms with Crippen LogP contribution >= 0.6 is 0 Å². The number of para-hydroxylation sites is 3. The second-order valence-electron chi connectivity index (χ2n) is 5.66. The number of carbonyl (C=O) groups is 1. The summed E-state index contributed by atoms with van der Waals surface area (Å²) in [6, 6.07) is 15.3. The maximum Gasteiger partial charge on any atom is 0.374 e. The van der Waals surface area contributed by atoms with E-state index in [1.54, 1.807) is 48.5 Å². The first-order valence-electron chi connectivity index (χ1n) is 8.61. The van der Waals surface area contributed by atoms with Crippen LogP contribution < -0.4 is 25.1 Å². The summed E-state index contributed by atoms with van der Waals surface area (Å²) in [6.07, 6.45) is 1.06. The fraction of sp³-hybridized carbons (Fsp3) is 0.105. The number of methoxy groups -OCH3 is 1. The third-order valence-corrected chi connectivity index (χ3v) is 3.68. The highest BCUT2D eigenvalue weighted by molar-refractivity contribution is 5.79. The number of hydrogen-bond acceptors (Lipinski definition) is 9. The maximum absolute atomic E-state index is 12.0. The van der Waals surface area contributed by atoms with E-state index in [9.17, 15) is 14.9 Å². The fourth-order valence-corrected chi connectivity index (χ4v) is 2.33. The van der Waals surface area contributed by atoms with Crippen molar-refractivity contribution in [2.45, 2.75) is 0 Å². The van der Waals surface area contributed by atoms with Crippen molar-refractivity contribution in [1.29, 1.82) is 0 Å². The van der Waals surface area contributed by atoms with Gasteiger partial charge in [0.15, 0.2) is 18.1 Å². The zero-order valence-electron chi connectivity index (χ0n) is 15.8. The highest BCUT2D eigenvalue weighted by Crippen LogP contribution is 2.37. The molecule has 0 aliphatic rings. The van der Waals surface area contributed by atoms with Gasteiger partial charge in [0.1, 0.15) is 12.1 Å². The molecule has 30 heavy (non-hydrogen) atoms. The van der Waals surface area contributed by atoms with Crippen molar-refractivity contribution in [3.05, 3.63) is 71.0 Å². The predicted octanol–water partition coefficient (Wildman–Crippen LogP) is 2.71. The fourth-order valence-electron chi connectivity index (χ4n) is 2.33. The number of nitrogens with one attached hydrogen (secondary N) is 2. The Morgan fingerprint density at radius 2 is 1.77 bits per heavy atom. The molecule has 1 aromatic heterocycles. The van der Waals surface area contributed by atoms with E-state index in [2.05, 4.69) is 20.8 Å². The number of anilines is 1. The van der Waals surface area contributed by atoms with Gasteiger partial charge in [0.05, 0.1) is 12.0 Å². The van der Waals surface area contributed by atoms with E-state index in [0.29, 0.717) is 11.5 Å². The second-order valence-corrected chi connectivity index (χ2v) is 5.66. The van der Waals surface area contributed by atoms with Crippen LogP contribution in [0, 0.1) is 10.1 Å². The summed E-state index contributed by atoms with van der Waals surface area (Å²) in [4.78, 5) is 30.5. The summed E-state index contributed by atoms with van der Waals surface area (Å²) < 4.78 is 16.0. The van der Waals surface area contributed by atoms with Gasteiger partial charge in [-0.3, -0.25) is 25.8 Å². The molecule has 11 nitrogen and oxygen atoms in total. The Morgan fingerprint density at radius 3 is 2.47 bits per heavy atom. The molecule has 0 unspecified atom stereocenters. The quantitative estimate of drug-likeness (QED) is 0.402. The van der Waals surface area contributed by atoms with E-state index in [0.717, 1.165) is 6.33 Å². The van der Waals surface area contributed by atoms with E-state index < -0.39 is 16.5 Å². The molecule has 0 atom stereocenters. The second kappa shape index (κ2) is 9.68. The van der Waals surface area contributed by atoms with E-state index in [4.69, 9.17) is 14.2 Å². The third-order valence-electron chi connectivity index (χ3n) is 3.68. The zero-order valence-corrected chi connectivity index (χ0v) is 15.8. The van der Waals surface area contributed by atoms with Gasteiger partial charge in [-0.15, -0.1) is 0 Å². The average Bonchev–Trinajstić information content (AvgIpc) is 2.77. The van der Waals surface area contributed by atoms with E-state index >= 15 is 0 Å². The SMILES string of the molecule is COc1ccccc1Oc1ncnc(NNC(=O)COc2ccccc2)c1[N+](=O)[O-]. The van der Waals surface area contributed by atoms with Gasteiger partial charge in [0.25, 0.3) is 5.91 Å². The molecule has 3 aromatic rings. The molecule has 0 fully saturated rings. The molecule has 1 heterocycles. The monoisotopic (exact) mass is 411 g/mol. The summed E-state index contributed by atoms with van der Waals surface area (Å²) in [7, 11) is 1.44. The average molecular weight is 411 g/mol. The number of benzene rings is 2. The topological polar surface area (TPSA) is 138 Å². The Bertz CT molecular complexity index is 1030. The number of amides is 1. The molecule has 3 rings (SSSR count). The van der Waals surface area contributed by atoms with Crippen LogP contribution in [0.15, 0.2) is 60.9 Å². The standard InChI is InChI=1S/C19H17N5O6/c1-28-14-9-5-6-10-15(14)30-19-17(24(26)27)18(20-12-21-19)23-22-16(25)11-29-13-7-3-2-4-8-13/h2-10,12H,11H2,1H3,(H,22,25)(H,20,21,23). The van der Waals surface area contributed by atoms with Gasteiger partial charge >= 0.3 is 11.6 Å². The first-order valence-corrected chi connectivity index (χ1v) is 8.61. The van der Waals surface area contributed by atoms with E-state index in [-0.39, 0.29) is 24.1 Å². The van der Waals surface area contributed by atoms with Crippen molar-refractivity contribution in [3.63, 3.8) is 0 Å². The van der Waals surface area contributed by atoms with E-state index in [1.807, 2.05) is 6.07 Å². The van der Waals surface area contributed by atoms with Crippen LogP contribution in [0.25, 0.3) is 0 Å². The Morgan fingerprint density at radius 1 is 1.07 bits per heavy atom. The lowest BCUT2D eigenvalue weighted by Crippen LogP contribution is -2.34. The Balaban J connectivity index is 1.71. The number of nitrogens with zero attached hydrogens (tertiary/aromatic N) is 3. The molecule has 0 aliphatic carbocycles. The van der Waals surface area contributed by atoms with E-state index in [1.165, 1.54) is 7.11 Å². The van der Waals surface area contributed by atoms with Gasteiger partial charge in [-0.25, -0.2) is 4.98 Å². The Kier molecular flexibility index (Phi) is 6.56. The summed E-state index contributed by atoms with van der Waals surface area (Å²) in [5.74, 6) is -0.0452. The maximum atomic E-state index is 12.0. The number of aromatic nitrogens is 2. The van der Waals surface area contributed by atoms with Gasteiger partial charge in [-0.1, -0.05) is 30.3 Å². The lowest BCUT2D eigenvalue weighted by Gasteiger charge is -2.12. The lowest BCUT2D eigenvalue weighted by atomic mass is 10.3. The summed E-state index contributed by atoms with van der Waals surface area (Å²) in [5.41, 5.74) is 4.13. The normalized spacial score (nSPS) is 10.0. The Hall–Kier alpha value is -4.41. The molecule has 2 aromatic carbocycles. The first-order chi connectivity index (χ1) is 14.6. The summed E-state index contributed by atoms with van der Waals surface area (Å²) >= 11 is 0. The molecule has 0 saturated heterocycles. The largest absolute Gasteiger partial charge is 0.493 e. The van der Waals surface area contributed by atoms with Crippen molar-refractivity contribution in [2.24, 2.45) is 0 Å².